The number of hydrogen-bond acceptors (Lipinski definition) is 2. The van der Waals surface area contributed by atoms with E-state index in [0.717, 1.165) is 13.2 Å². The molecule has 2 heteroatoms. The van der Waals surface area contributed by atoms with Gasteiger partial charge in [0.25, 0.3) is 0 Å². The first-order valence-corrected chi connectivity index (χ1v) is 7.52. The van der Waals surface area contributed by atoms with Crippen molar-refractivity contribution in [3.8, 4) is 0 Å². The zero-order valence-corrected chi connectivity index (χ0v) is 12.5. The molecule has 1 unspecified atom stereocenters. The zero-order chi connectivity index (χ0) is 13.7. The molecule has 0 aromatic heterocycles. The minimum atomic E-state index is 0.193. The van der Waals surface area contributed by atoms with Crippen molar-refractivity contribution in [3.05, 3.63) is 29.8 Å². The van der Waals surface area contributed by atoms with Gasteiger partial charge in [-0.1, -0.05) is 39.0 Å². The third-order valence-corrected chi connectivity index (χ3v) is 3.78. The number of hydrogen-bond donors (Lipinski definition) is 1. The fourth-order valence-corrected chi connectivity index (χ4v) is 2.72. The predicted molar refractivity (Wildman–Crippen MR) is 81.8 cm³/mol. The van der Waals surface area contributed by atoms with Crippen LogP contribution >= 0.6 is 0 Å². The van der Waals surface area contributed by atoms with Crippen molar-refractivity contribution in [2.24, 2.45) is 0 Å². The standard InChI is InChI=1S/C17H27NO/c1-17(2,3)15-10-4-5-11-16(15)18-12-6-8-14-9-7-13-19-14/h4-5,10-11,14,18H,6-9,12-13H2,1-3H3. The summed E-state index contributed by atoms with van der Waals surface area (Å²) >= 11 is 0. The number of ether oxygens (including phenoxy) is 1. The molecule has 0 spiro atoms. The number of benzene rings is 1. The topological polar surface area (TPSA) is 21.3 Å². The van der Waals surface area contributed by atoms with Crippen LogP contribution in [0.4, 0.5) is 5.69 Å². The van der Waals surface area contributed by atoms with Gasteiger partial charge in [0.1, 0.15) is 0 Å². The lowest BCUT2D eigenvalue weighted by Gasteiger charge is -2.23. The molecule has 0 bridgehead atoms. The highest BCUT2D eigenvalue weighted by Crippen LogP contribution is 2.29. The summed E-state index contributed by atoms with van der Waals surface area (Å²) in [5, 5.41) is 3.59. The number of para-hydroxylation sites is 1. The molecule has 1 saturated heterocycles. The van der Waals surface area contributed by atoms with Crippen LogP contribution in [0.15, 0.2) is 24.3 Å². The summed E-state index contributed by atoms with van der Waals surface area (Å²) in [6, 6.07) is 8.64. The molecule has 0 radical (unpaired) electrons. The van der Waals surface area contributed by atoms with Crippen LogP contribution in [0.2, 0.25) is 0 Å². The maximum Gasteiger partial charge on any atom is 0.0576 e. The summed E-state index contributed by atoms with van der Waals surface area (Å²) in [5.41, 5.74) is 2.87. The van der Waals surface area contributed by atoms with E-state index in [0.29, 0.717) is 6.10 Å². The Kier molecular flexibility index (Phi) is 4.87. The Morgan fingerprint density at radius 1 is 1.26 bits per heavy atom. The van der Waals surface area contributed by atoms with E-state index in [2.05, 4.69) is 50.4 Å². The fraction of sp³-hybridized carbons (Fsp3) is 0.647. The van der Waals surface area contributed by atoms with Gasteiger partial charge in [0.05, 0.1) is 6.10 Å². The molecule has 1 aliphatic heterocycles. The third-order valence-electron chi connectivity index (χ3n) is 3.78. The second-order valence-corrected chi connectivity index (χ2v) is 6.50. The van der Waals surface area contributed by atoms with Gasteiger partial charge in [-0.2, -0.15) is 0 Å². The first-order valence-electron chi connectivity index (χ1n) is 7.52. The van der Waals surface area contributed by atoms with Crippen LogP contribution in [-0.2, 0) is 10.2 Å². The second kappa shape index (κ2) is 6.42. The molecule has 2 nitrogen and oxygen atoms in total. The quantitative estimate of drug-likeness (QED) is 0.795. The Bertz CT molecular complexity index is 388. The molecule has 1 aromatic rings. The Balaban J connectivity index is 1.82. The molecule has 0 saturated carbocycles. The summed E-state index contributed by atoms with van der Waals surface area (Å²) in [6.45, 7) is 8.79. The van der Waals surface area contributed by atoms with Crippen molar-refractivity contribution >= 4 is 5.69 Å². The van der Waals surface area contributed by atoms with Crippen LogP contribution in [0.1, 0.15) is 52.0 Å². The number of nitrogens with one attached hydrogen (secondary N) is 1. The van der Waals surface area contributed by atoms with E-state index in [9.17, 15) is 0 Å². The fourth-order valence-electron chi connectivity index (χ4n) is 2.72. The van der Waals surface area contributed by atoms with E-state index in [1.54, 1.807) is 0 Å². The van der Waals surface area contributed by atoms with Crippen LogP contribution in [0, 0.1) is 0 Å². The molecule has 0 aliphatic carbocycles. The zero-order valence-electron chi connectivity index (χ0n) is 12.5. The highest BCUT2D eigenvalue weighted by atomic mass is 16.5. The average molecular weight is 261 g/mol. The van der Waals surface area contributed by atoms with Crippen LogP contribution in [0.5, 0.6) is 0 Å². The summed E-state index contributed by atoms with van der Waals surface area (Å²) in [6.07, 6.45) is 5.37. The van der Waals surface area contributed by atoms with Crippen molar-refractivity contribution in [1.29, 1.82) is 0 Å². The van der Waals surface area contributed by atoms with Gasteiger partial charge in [-0.15, -0.1) is 0 Å². The van der Waals surface area contributed by atoms with Gasteiger partial charge in [0.2, 0.25) is 0 Å². The van der Waals surface area contributed by atoms with E-state index in [1.807, 2.05) is 0 Å². The van der Waals surface area contributed by atoms with Crippen molar-refractivity contribution < 1.29 is 4.74 Å². The van der Waals surface area contributed by atoms with Gasteiger partial charge < -0.3 is 10.1 Å². The molecule has 1 atom stereocenters. The summed E-state index contributed by atoms with van der Waals surface area (Å²) in [4.78, 5) is 0. The molecule has 0 amide bonds. The monoisotopic (exact) mass is 261 g/mol. The Labute approximate surface area is 117 Å². The minimum absolute atomic E-state index is 0.193. The van der Waals surface area contributed by atoms with Crippen molar-refractivity contribution in [3.63, 3.8) is 0 Å². The smallest absolute Gasteiger partial charge is 0.0576 e. The molecule has 106 valence electrons. The Morgan fingerprint density at radius 3 is 2.74 bits per heavy atom. The van der Waals surface area contributed by atoms with E-state index in [1.165, 1.54) is 36.9 Å². The van der Waals surface area contributed by atoms with Crippen molar-refractivity contribution in [2.45, 2.75) is 58.0 Å². The molecular weight excluding hydrogens is 234 g/mol. The maximum atomic E-state index is 5.66. The lowest BCUT2D eigenvalue weighted by molar-refractivity contribution is 0.103. The second-order valence-electron chi connectivity index (χ2n) is 6.50. The van der Waals surface area contributed by atoms with Crippen LogP contribution in [0.3, 0.4) is 0 Å². The number of anilines is 1. The van der Waals surface area contributed by atoms with E-state index >= 15 is 0 Å². The molecule has 1 aromatic carbocycles. The molecular formula is C17H27NO. The molecule has 2 rings (SSSR count). The molecule has 1 heterocycles. The normalized spacial score (nSPS) is 19.6. The average Bonchev–Trinajstić information content (AvgIpc) is 2.87. The third kappa shape index (κ3) is 4.24. The summed E-state index contributed by atoms with van der Waals surface area (Å²) in [5.74, 6) is 0. The molecule has 1 fully saturated rings. The van der Waals surface area contributed by atoms with Gasteiger partial charge in [-0.05, 0) is 42.7 Å². The largest absolute Gasteiger partial charge is 0.385 e. The highest BCUT2D eigenvalue weighted by molar-refractivity contribution is 5.54. The maximum absolute atomic E-state index is 5.66. The molecule has 1 N–H and O–H groups in total. The first kappa shape index (κ1) is 14.4. The van der Waals surface area contributed by atoms with Crippen LogP contribution < -0.4 is 5.32 Å². The number of rotatable bonds is 5. The van der Waals surface area contributed by atoms with Gasteiger partial charge in [-0.25, -0.2) is 0 Å². The van der Waals surface area contributed by atoms with Gasteiger partial charge >= 0.3 is 0 Å². The minimum Gasteiger partial charge on any atom is -0.385 e. The van der Waals surface area contributed by atoms with Crippen molar-refractivity contribution in [2.75, 3.05) is 18.5 Å². The van der Waals surface area contributed by atoms with Gasteiger partial charge in [0, 0.05) is 18.8 Å². The Morgan fingerprint density at radius 2 is 2.05 bits per heavy atom. The van der Waals surface area contributed by atoms with Crippen LogP contribution in [0.25, 0.3) is 0 Å². The molecule has 19 heavy (non-hydrogen) atoms. The van der Waals surface area contributed by atoms with E-state index in [4.69, 9.17) is 4.74 Å². The SMILES string of the molecule is CC(C)(C)c1ccccc1NCCCC1CCCO1. The summed E-state index contributed by atoms with van der Waals surface area (Å²) < 4.78 is 5.66. The lowest BCUT2D eigenvalue weighted by atomic mass is 9.86. The van der Waals surface area contributed by atoms with Gasteiger partial charge in [-0.3, -0.25) is 0 Å². The lowest BCUT2D eigenvalue weighted by Crippen LogP contribution is -2.16. The summed E-state index contributed by atoms with van der Waals surface area (Å²) in [7, 11) is 0. The van der Waals surface area contributed by atoms with Crippen LogP contribution in [-0.4, -0.2) is 19.3 Å². The van der Waals surface area contributed by atoms with E-state index in [-0.39, 0.29) is 5.41 Å². The Hall–Kier alpha value is -1.02. The first-order chi connectivity index (χ1) is 9.07. The predicted octanol–water partition coefficient (Wildman–Crippen LogP) is 4.36. The molecule has 1 aliphatic rings. The highest BCUT2D eigenvalue weighted by Gasteiger charge is 2.17. The van der Waals surface area contributed by atoms with Gasteiger partial charge in [0.15, 0.2) is 0 Å². The van der Waals surface area contributed by atoms with E-state index < -0.39 is 0 Å². The van der Waals surface area contributed by atoms with Crippen molar-refractivity contribution in [1.82, 2.24) is 0 Å².